The lowest BCUT2D eigenvalue weighted by molar-refractivity contribution is -0.160. The van der Waals surface area contributed by atoms with Crippen LogP contribution in [0.1, 0.15) is 6.42 Å². The fourth-order valence-corrected chi connectivity index (χ4v) is 1.40. The summed E-state index contributed by atoms with van der Waals surface area (Å²) >= 11 is 0. The van der Waals surface area contributed by atoms with Gasteiger partial charge in [-0.1, -0.05) is 0 Å². The van der Waals surface area contributed by atoms with Gasteiger partial charge in [-0.25, -0.2) is 4.79 Å². The van der Waals surface area contributed by atoms with E-state index in [0.29, 0.717) is 13.2 Å². The minimum Gasteiger partial charge on any atom is -0.467 e. The highest BCUT2D eigenvalue weighted by molar-refractivity contribution is 5.85. The Morgan fingerprint density at radius 1 is 1.67 bits per heavy atom. The van der Waals surface area contributed by atoms with Gasteiger partial charge in [0.25, 0.3) is 0 Å². The summed E-state index contributed by atoms with van der Waals surface area (Å²) in [5.74, 6) is -0.878. The Hall–Kier alpha value is -1.61. The van der Waals surface area contributed by atoms with Crippen LogP contribution in [0.2, 0.25) is 0 Å². The number of carbonyl (C=O) groups excluding carboxylic acids is 2. The molecule has 0 N–H and O–H groups in total. The van der Waals surface area contributed by atoms with Crippen LogP contribution in [0.15, 0.2) is 0 Å². The number of nitrogens with zero attached hydrogens (tertiary/aromatic N) is 2. The van der Waals surface area contributed by atoms with Crippen LogP contribution in [0.3, 0.4) is 0 Å². The molecule has 0 aromatic heterocycles. The molecule has 6 nitrogen and oxygen atoms in total. The smallest absolute Gasteiger partial charge is 0.331 e. The van der Waals surface area contributed by atoms with Crippen LogP contribution in [-0.4, -0.2) is 49.7 Å². The van der Waals surface area contributed by atoms with Crippen molar-refractivity contribution >= 4 is 11.9 Å². The van der Waals surface area contributed by atoms with Crippen LogP contribution in [0, 0.1) is 11.3 Å². The van der Waals surface area contributed by atoms with Crippen molar-refractivity contribution < 1.29 is 19.1 Å². The fraction of sp³-hybridized carbons (Fsp3) is 0.667. The zero-order valence-electron chi connectivity index (χ0n) is 8.43. The maximum atomic E-state index is 11.5. The summed E-state index contributed by atoms with van der Waals surface area (Å²) in [5.41, 5.74) is 0. The van der Waals surface area contributed by atoms with Gasteiger partial charge in [0.15, 0.2) is 6.04 Å². The number of ether oxygens (including phenoxy) is 2. The number of morpholine rings is 1. The minimum atomic E-state index is -0.718. The third kappa shape index (κ3) is 2.67. The van der Waals surface area contributed by atoms with E-state index in [1.54, 1.807) is 6.07 Å². The molecule has 15 heavy (non-hydrogen) atoms. The molecule has 0 spiro atoms. The average Bonchev–Trinajstić information content (AvgIpc) is 2.28. The van der Waals surface area contributed by atoms with Crippen molar-refractivity contribution in [3.63, 3.8) is 0 Å². The standard InChI is InChI=1S/C9H12N2O4/c1-14-9(13)7-6-15-5-4-11(7)8(12)2-3-10/h7H,2,4-6H2,1H3. The number of methoxy groups -OCH3 is 1. The predicted octanol–water partition coefficient (Wildman–Crippen LogP) is -0.700. The summed E-state index contributed by atoms with van der Waals surface area (Å²) in [6.07, 6.45) is -0.229. The zero-order chi connectivity index (χ0) is 11.3. The van der Waals surface area contributed by atoms with Crippen LogP contribution >= 0.6 is 0 Å². The van der Waals surface area contributed by atoms with Crippen LogP contribution in [0.5, 0.6) is 0 Å². The van der Waals surface area contributed by atoms with Crippen LogP contribution in [0.4, 0.5) is 0 Å². The molecule has 0 bridgehead atoms. The lowest BCUT2D eigenvalue weighted by Gasteiger charge is -2.33. The van der Waals surface area contributed by atoms with E-state index in [2.05, 4.69) is 4.74 Å². The molecule has 1 rings (SSSR count). The third-order valence-corrected chi connectivity index (χ3v) is 2.15. The molecule has 0 radical (unpaired) electrons. The van der Waals surface area contributed by atoms with Crippen LogP contribution in [0.25, 0.3) is 0 Å². The Kier molecular flexibility index (Phi) is 4.06. The predicted molar refractivity (Wildman–Crippen MR) is 48.6 cm³/mol. The zero-order valence-corrected chi connectivity index (χ0v) is 8.43. The van der Waals surface area contributed by atoms with Crippen molar-refractivity contribution in [2.45, 2.75) is 12.5 Å². The maximum absolute atomic E-state index is 11.5. The number of amides is 1. The molecule has 6 heteroatoms. The first-order valence-corrected chi connectivity index (χ1v) is 4.52. The average molecular weight is 212 g/mol. The van der Waals surface area contributed by atoms with Gasteiger partial charge in [0, 0.05) is 6.54 Å². The molecule has 0 saturated carbocycles. The Morgan fingerprint density at radius 2 is 2.40 bits per heavy atom. The molecule has 1 aliphatic rings. The summed E-state index contributed by atoms with van der Waals surface area (Å²) < 4.78 is 9.64. The fourth-order valence-electron chi connectivity index (χ4n) is 1.40. The molecule has 0 aromatic carbocycles. The van der Waals surface area contributed by atoms with Gasteiger partial charge in [0.05, 0.1) is 26.4 Å². The number of hydrogen-bond donors (Lipinski definition) is 0. The van der Waals surface area contributed by atoms with Gasteiger partial charge in [0.2, 0.25) is 5.91 Å². The first-order valence-electron chi connectivity index (χ1n) is 4.52. The van der Waals surface area contributed by atoms with Crippen LogP contribution in [-0.2, 0) is 19.1 Å². The second kappa shape index (κ2) is 5.32. The van der Waals surface area contributed by atoms with Gasteiger partial charge < -0.3 is 14.4 Å². The first-order chi connectivity index (χ1) is 7.20. The Labute approximate surface area is 87.4 Å². The quantitative estimate of drug-likeness (QED) is 0.565. The minimum absolute atomic E-state index is 0.129. The van der Waals surface area contributed by atoms with Gasteiger partial charge in [0.1, 0.15) is 6.42 Å². The van der Waals surface area contributed by atoms with Crippen molar-refractivity contribution in [3.05, 3.63) is 0 Å². The molecule has 1 fully saturated rings. The molecule has 1 aliphatic heterocycles. The first kappa shape index (κ1) is 11.5. The van der Waals surface area contributed by atoms with E-state index >= 15 is 0 Å². The Balaban J connectivity index is 2.70. The Bertz CT molecular complexity index is 297. The molecule has 1 saturated heterocycles. The molecule has 0 aliphatic carbocycles. The number of rotatable bonds is 2. The van der Waals surface area contributed by atoms with E-state index in [-0.39, 0.29) is 18.9 Å². The van der Waals surface area contributed by atoms with Gasteiger partial charge in [-0.3, -0.25) is 4.79 Å². The maximum Gasteiger partial charge on any atom is 0.331 e. The summed E-state index contributed by atoms with van der Waals surface area (Å²) in [4.78, 5) is 24.1. The van der Waals surface area contributed by atoms with Gasteiger partial charge >= 0.3 is 5.97 Å². The van der Waals surface area contributed by atoms with E-state index in [1.165, 1.54) is 12.0 Å². The molecular formula is C9H12N2O4. The Morgan fingerprint density at radius 3 is 3.00 bits per heavy atom. The van der Waals surface area contributed by atoms with Gasteiger partial charge in [-0.15, -0.1) is 0 Å². The third-order valence-electron chi connectivity index (χ3n) is 2.15. The normalized spacial score (nSPS) is 20.5. The topological polar surface area (TPSA) is 79.6 Å². The second-order valence-electron chi connectivity index (χ2n) is 3.04. The summed E-state index contributed by atoms with van der Waals surface area (Å²) in [6, 6.07) is 1.04. The monoisotopic (exact) mass is 212 g/mol. The lowest BCUT2D eigenvalue weighted by Crippen LogP contribution is -2.52. The summed E-state index contributed by atoms with van der Waals surface area (Å²) in [5, 5.41) is 8.40. The highest BCUT2D eigenvalue weighted by atomic mass is 16.5. The van der Waals surface area contributed by atoms with Crippen molar-refractivity contribution in [1.82, 2.24) is 4.90 Å². The van der Waals surface area contributed by atoms with Crippen LogP contribution < -0.4 is 0 Å². The van der Waals surface area contributed by atoms with E-state index < -0.39 is 12.0 Å². The number of nitriles is 1. The van der Waals surface area contributed by atoms with Crippen molar-refractivity contribution in [1.29, 1.82) is 5.26 Å². The molecule has 1 unspecified atom stereocenters. The number of esters is 1. The lowest BCUT2D eigenvalue weighted by atomic mass is 10.2. The summed E-state index contributed by atoms with van der Waals surface area (Å²) in [7, 11) is 1.25. The SMILES string of the molecule is COC(=O)C1COCCN1C(=O)CC#N. The number of hydrogen-bond acceptors (Lipinski definition) is 5. The molecule has 1 heterocycles. The largest absolute Gasteiger partial charge is 0.467 e. The molecule has 1 atom stereocenters. The molecule has 0 aromatic rings. The van der Waals surface area contributed by atoms with Crippen molar-refractivity contribution in [3.8, 4) is 6.07 Å². The van der Waals surface area contributed by atoms with Gasteiger partial charge in [-0.2, -0.15) is 5.26 Å². The molecular weight excluding hydrogens is 200 g/mol. The molecule has 1 amide bonds. The van der Waals surface area contributed by atoms with E-state index in [1.807, 2.05) is 0 Å². The van der Waals surface area contributed by atoms with E-state index in [9.17, 15) is 9.59 Å². The second-order valence-corrected chi connectivity index (χ2v) is 3.04. The van der Waals surface area contributed by atoms with E-state index in [0.717, 1.165) is 0 Å². The highest BCUT2D eigenvalue weighted by Gasteiger charge is 2.33. The highest BCUT2D eigenvalue weighted by Crippen LogP contribution is 2.09. The summed E-state index contributed by atoms with van der Waals surface area (Å²) in [6.45, 7) is 0.828. The van der Waals surface area contributed by atoms with E-state index in [4.69, 9.17) is 10.00 Å². The molecule has 82 valence electrons. The number of carbonyl (C=O) groups is 2. The van der Waals surface area contributed by atoms with Crippen molar-refractivity contribution in [2.75, 3.05) is 26.9 Å². The van der Waals surface area contributed by atoms with Gasteiger partial charge in [-0.05, 0) is 0 Å². The van der Waals surface area contributed by atoms with Crippen molar-refractivity contribution in [2.24, 2.45) is 0 Å².